The summed E-state index contributed by atoms with van der Waals surface area (Å²) in [5.41, 5.74) is 1.44. The molecule has 0 bridgehead atoms. The quantitative estimate of drug-likeness (QED) is 0.499. The highest BCUT2D eigenvalue weighted by atomic mass is 15.3. The predicted molar refractivity (Wildman–Crippen MR) is 46.1 cm³/mol. The van der Waals surface area contributed by atoms with Gasteiger partial charge in [-0.3, -0.25) is 0 Å². The van der Waals surface area contributed by atoms with Crippen LogP contribution in [0.25, 0.3) is 16.7 Å². The molecule has 3 aromatic heterocycles. The van der Waals surface area contributed by atoms with Crippen LogP contribution in [0.3, 0.4) is 0 Å². The molecule has 3 rings (SSSR count). The summed E-state index contributed by atoms with van der Waals surface area (Å²) < 4.78 is 1.69. The predicted octanol–water partition coefficient (Wildman–Crippen LogP) is 0.672. The van der Waals surface area contributed by atoms with Gasteiger partial charge in [-0.05, 0) is 12.1 Å². The van der Waals surface area contributed by atoms with Gasteiger partial charge < -0.3 is 0 Å². The lowest BCUT2D eigenvalue weighted by molar-refractivity contribution is 0.933. The number of nitrogens with zero attached hydrogens (tertiary/aromatic N) is 5. The van der Waals surface area contributed by atoms with Crippen molar-refractivity contribution in [2.45, 2.75) is 0 Å². The van der Waals surface area contributed by atoms with Gasteiger partial charge in [0.05, 0.1) is 11.6 Å². The Balaban J connectivity index is 2.64. The average Bonchev–Trinajstić information content (AvgIpc) is 2.56. The molecule has 0 fully saturated rings. The van der Waals surface area contributed by atoms with Crippen molar-refractivity contribution in [1.29, 1.82) is 0 Å². The molecule has 0 aromatic carbocycles. The van der Waals surface area contributed by atoms with Gasteiger partial charge in [-0.15, -0.1) is 10.2 Å². The fraction of sp³-hybridized carbons (Fsp3) is 0. The second-order valence-corrected chi connectivity index (χ2v) is 2.66. The van der Waals surface area contributed by atoms with Crippen molar-refractivity contribution >= 4 is 16.7 Å². The van der Waals surface area contributed by atoms with E-state index in [0.717, 1.165) is 11.0 Å². The fourth-order valence-electron chi connectivity index (χ4n) is 1.31. The highest BCUT2D eigenvalue weighted by molar-refractivity contribution is 5.88. The van der Waals surface area contributed by atoms with Crippen LogP contribution >= 0.6 is 0 Å². The second kappa shape index (κ2) is 2.22. The van der Waals surface area contributed by atoms with E-state index in [2.05, 4.69) is 20.3 Å². The van der Waals surface area contributed by atoms with Gasteiger partial charge in [0.25, 0.3) is 0 Å². The van der Waals surface area contributed by atoms with Crippen molar-refractivity contribution in [3.8, 4) is 0 Å². The van der Waals surface area contributed by atoms with Crippen molar-refractivity contribution in [1.82, 2.24) is 24.8 Å². The molecule has 3 heterocycles. The minimum Gasteiger partial charge on any atom is -0.236 e. The first-order valence-electron chi connectivity index (χ1n) is 3.86. The van der Waals surface area contributed by atoms with Crippen molar-refractivity contribution in [3.63, 3.8) is 0 Å². The van der Waals surface area contributed by atoms with Gasteiger partial charge >= 0.3 is 0 Å². The Morgan fingerprint density at radius 1 is 1.23 bits per heavy atom. The molecular formula is C8H5N5. The van der Waals surface area contributed by atoms with Crippen LogP contribution in [0.2, 0.25) is 0 Å². The molecule has 5 heteroatoms. The summed E-state index contributed by atoms with van der Waals surface area (Å²) in [5.74, 6) is 0. The molecule has 13 heavy (non-hydrogen) atoms. The maximum atomic E-state index is 4.20. The summed E-state index contributed by atoms with van der Waals surface area (Å²) in [5, 5.41) is 12.8. The van der Waals surface area contributed by atoms with E-state index in [1.807, 2.05) is 18.3 Å². The molecule has 0 spiro atoms. The Bertz CT molecular complexity index is 520. The van der Waals surface area contributed by atoms with Crippen LogP contribution in [-0.2, 0) is 0 Å². The van der Waals surface area contributed by atoms with Crippen LogP contribution in [0.15, 0.2) is 30.7 Å². The van der Waals surface area contributed by atoms with Gasteiger partial charge in [0, 0.05) is 12.4 Å². The first kappa shape index (κ1) is 6.47. The van der Waals surface area contributed by atoms with Crippen molar-refractivity contribution in [2.75, 3.05) is 0 Å². The van der Waals surface area contributed by atoms with E-state index in [0.29, 0.717) is 5.65 Å². The summed E-state index contributed by atoms with van der Waals surface area (Å²) in [7, 11) is 0. The van der Waals surface area contributed by atoms with E-state index in [-0.39, 0.29) is 0 Å². The zero-order chi connectivity index (χ0) is 8.67. The summed E-state index contributed by atoms with van der Waals surface area (Å²) in [6.07, 6.45) is 5.21. The number of hydrogen-bond acceptors (Lipinski definition) is 4. The highest BCUT2D eigenvalue weighted by Gasteiger charge is 2.04. The van der Waals surface area contributed by atoms with Gasteiger partial charge in [0.1, 0.15) is 0 Å². The molecule has 3 aromatic rings. The van der Waals surface area contributed by atoms with Crippen LogP contribution in [0.5, 0.6) is 0 Å². The third-order valence-corrected chi connectivity index (χ3v) is 1.87. The first-order chi connectivity index (χ1) is 6.45. The highest BCUT2D eigenvalue weighted by Crippen LogP contribution is 2.12. The Kier molecular flexibility index (Phi) is 1.11. The van der Waals surface area contributed by atoms with Crippen LogP contribution in [0, 0.1) is 0 Å². The maximum Gasteiger partial charge on any atom is 0.205 e. The molecule has 0 unspecified atom stereocenters. The van der Waals surface area contributed by atoms with Gasteiger partial charge in [0.15, 0.2) is 5.65 Å². The van der Waals surface area contributed by atoms with E-state index in [1.54, 1.807) is 16.9 Å². The van der Waals surface area contributed by atoms with Crippen molar-refractivity contribution < 1.29 is 0 Å². The summed E-state index contributed by atoms with van der Waals surface area (Å²) in [6.45, 7) is 0. The van der Waals surface area contributed by atoms with Crippen LogP contribution in [0.1, 0.15) is 0 Å². The van der Waals surface area contributed by atoms with E-state index in [1.165, 1.54) is 0 Å². The molecule has 0 aliphatic rings. The lowest BCUT2D eigenvalue weighted by atomic mass is 10.4. The maximum absolute atomic E-state index is 4.20. The van der Waals surface area contributed by atoms with E-state index in [4.69, 9.17) is 0 Å². The molecule has 0 N–H and O–H groups in total. The SMILES string of the molecule is c1cnc2c3ccnnc3nn2c1. The molecule has 0 saturated carbocycles. The molecule has 62 valence electrons. The van der Waals surface area contributed by atoms with Crippen LogP contribution in [-0.4, -0.2) is 24.8 Å². The summed E-state index contributed by atoms with van der Waals surface area (Å²) in [6, 6.07) is 3.68. The lowest BCUT2D eigenvalue weighted by Crippen LogP contribution is -1.86. The van der Waals surface area contributed by atoms with E-state index in [9.17, 15) is 0 Å². The van der Waals surface area contributed by atoms with Crippen LogP contribution in [0.4, 0.5) is 0 Å². The number of rotatable bonds is 0. The average molecular weight is 171 g/mol. The fourth-order valence-corrected chi connectivity index (χ4v) is 1.31. The van der Waals surface area contributed by atoms with Crippen molar-refractivity contribution in [3.05, 3.63) is 30.7 Å². The molecule has 0 aliphatic carbocycles. The minimum atomic E-state index is 0.626. The molecule has 0 saturated heterocycles. The molecule has 0 aliphatic heterocycles. The van der Waals surface area contributed by atoms with Gasteiger partial charge in [-0.25, -0.2) is 9.50 Å². The number of aromatic nitrogens is 5. The second-order valence-electron chi connectivity index (χ2n) is 2.66. The molecule has 5 nitrogen and oxygen atoms in total. The largest absolute Gasteiger partial charge is 0.236 e. The number of fused-ring (bicyclic) bond motifs is 3. The van der Waals surface area contributed by atoms with Crippen molar-refractivity contribution in [2.24, 2.45) is 0 Å². The molecule has 0 atom stereocenters. The molecule has 0 radical (unpaired) electrons. The molecule has 0 amide bonds. The monoisotopic (exact) mass is 171 g/mol. The normalized spacial score (nSPS) is 11.1. The number of hydrogen-bond donors (Lipinski definition) is 0. The third kappa shape index (κ3) is 0.807. The van der Waals surface area contributed by atoms with Gasteiger partial charge in [-0.2, -0.15) is 5.10 Å². The zero-order valence-corrected chi connectivity index (χ0v) is 6.62. The van der Waals surface area contributed by atoms with E-state index < -0.39 is 0 Å². The summed E-state index contributed by atoms with van der Waals surface area (Å²) in [4.78, 5) is 4.20. The molecular weight excluding hydrogens is 166 g/mol. The van der Waals surface area contributed by atoms with Crippen LogP contribution < -0.4 is 0 Å². The lowest BCUT2D eigenvalue weighted by Gasteiger charge is -1.87. The Morgan fingerprint density at radius 2 is 2.23 bits per heavy atom. The standard InChI is InChI=1S/C8H5N5/c1-3-9-8-6-2-4-10-11-7(6)12-13(8)5-1/h1-5H. The Morgan fingerprint density at radius 3 is 3.23 bits per heavy atom. The van der Waals surface area contributed by atoms with Gasteiger partial charge in [0.2, 0.25) is 5.65 Å². The first-order valence-corrected chi connectivity index (χ1v) is 3.86. The topological polar surface area (TPSA) is 56.0 Å². The zero-order valence-electron chi connectivity index (χ0n) is 6.62. The Hall–Kier alpha value is -2.04. The Labute approximate surface area is 73.0 Å². The summed E-state index contributed by atoms with van der Waals surface area (Å²) >= 11 is 0. The van der Waals surface area contributed by atoms with Gasteiger partial charge in [-0.1, -0.05) is 0 Å². The van der Waals surface area contributed by atoms with E-state index >= 15 is 0 Å². The smallest absolute Gasteiger partial charge is 0.205 e. The third-order valence-electron chi connectivity index (χ3n) is 1.87. The minimum absolute atomic E-state index is 0.626.